The van der Waals surface area contributed by atoms with Crippen LogP contribution in [0.25, 0.3) is 0 Å². The lowest BCUT2D eigenvalue weighted by Gasteiger charge is -2.22. The second-order valence-electron chi connectivity index (χ2n) is 5.33. The van der Waals surface area contributed by atoms with Gasteiger partial charge in [-0.3, -0.25) is 9.59 Å². The summed E-state index contributed by atoms with van der Waals surface area (Å²) in [7, 11) is 0. The molecule has 0 spiro atoms. The maximum Gasteiger partial charge on any atom is 0.387 e. The Labute approximate surface area is 144 Å². The molecule has 2 N–H and O–H groups in total. The van der Waals surface area contributed by atoms with E-state index in [2.05, 4.69) is 4.74 Å². The van der Waals surface area contributed by atoms with Crippen LogP contribution in [0.2, 0.25) is 0 Å². The zero-order valence-electron chi connectivity index (χ0n) is 13.4. The van der Waals surface area contributed by atoms with E-state index in [1.165, 1.54) is 29.2 Å². The summed E-state index contributed by atoms with van der Waals surface area (Å²) in [5, 5.41) is 0. The summed E-state index contributed by atoms with van der Waals surface area (Å²) in [5.41, 5.74) is 6.24. The monoisotopic (exact) mass is 348 g/mol. The number of primary amides is 1. The number of carbonyl (C=O) groups excluding carboxylic acids is 2. The minimum absolute atomic E-state index is 0.00575. The fourth-order valence-corrected chi connectivity index (χ4v) is 2.29. The summed E-state index contributed by atoms with van der Waals surface area (Å²) in [6.07, 6.45) is 0.00575. The fraction of sp³-hybridized carbons (Fsp3) is 0.222. The van der Waals surface area contributed by atoms with Crippen molar-refractivity contribution in [1.29, 1.82) is 0 Å². The number of amides is 2. The molecule has 0 bridgehead atoms. The van der Waals surface area contributed by atoms with Crippen molar-refractivity contribution >= 4 is 11.8 Å². The van der Waals surface area contributed by atoms with E-state index in [1.807, 2.05) is 30.3 Å². The van der Waals surface area contributed by atoms with Gasteiger partial charge in [-0.15, -0.1) is 0 Å². The Morgan fingerprint density at radius 1 is 1.08 bits per heavy atom. The molecule has 7 heteroatoms. The Kier molecular flexibility index (Phi) is 6.45. The number of carbonyl (C=O) groups is 2. The van der Waals surface area contributed by atoms with Crippen molar-refractivity contribution in [2.24, 2.45) is 5.73 Å². The highest BCUT2D eigenvalue weighted by Crippen LogP contribution is 2.18. The van der Waals surface area contributed by atoms with E-state index >= 15 is 0 Å². The summed E-state index contributed by atoms with van der Waals surface area (Å²) in [6, 6.07) is 14.8. The van der Waals surface area contributed by atoms with E-state index in [0.717, 1.165) is 5.56 Å². The molecule has 0 aliphatic rings. The standard InChI is InChI=1S/C18H18F2N2O3/c19-18(20)25-15-8-4-7-14(11-15)17(24)22(10-9-16(21)23)12-13-5-2-1-3-6-13/h1-8,11,18H,9-10,12H2,(H2,21,23). The lowest BCUT2D eigenvalue weighted by molar-refractivity contribution is -0.118. The average Bonchev–Trinajstić information content (AvgIpc) is 2.58. The number of hydrogen-bond donors (Lipinski definition) is 1. The minimum atomic E-state index is -2.97. The highest BCUT2D eigenvalue weighted by atomic mass is 19.3. The van der Waals surface area contributed by atoms with Crippen molar-refractivity contribution in [1.82, 2.24) is 4.90 Å². The molecule has 0 unspecified atom stereocenters. The molecule has 0 fully saturated rings. The van der Waals surface area contributed by atoms with Gasteiger partial charge >= 0.3 is 6.61 Å². The highest BCUT2D eigenvalue weighted by Gasteiger charge is 2.18. The van der Waals surface area contributed by atoms with Crippen molar-refractivity contribution in [2.45, 2.75) is 19.6 Å². The van der Waals surface area contributed by atoms with Crippen LogP contribution in [-0.2, 0) is 11.3 Å². The van der Waals surface area contributed by atoms with Crippen LogP contribution in [0.3, 0.4) is 0 Å². The maximum atomic E-state index is 12.7. The lowest BCUT2D eigenvalue weighted by atomic mass is 10.1. The molecule has 2 rings (SSSR count). The Bertz CT molecular complexity index is 723. The van der Waals surface area contributed by atoms with Gasteiger partial charge in [0.15, 0.2) is 0 Å². The van der Waals surface area contributed by atoms with Crippen molar-refractivity contribution in [3.05, 3.63) is 65.7 Å². The van der Waals surface area contributed by atoms with Crippen molar-refractivity contribution in [2.75, 3.05) is 6.54 Å². The third kappa shape index (κ3) is 5.87. The predicted octanol–water partition coefficient (Wildman–Crippen LogP) is 2.81. The molecule has 25 heavy (non-hydrogen) atoms. The van der Waals surface area contributed by atoms with Crippen LogP contribution in [0.4, 0.5) is 8.78 Å². The first-order valence-electron chi connectivity index (χ1n) is 7.62. The van der Waals surface area contributed by atoms with Crippen LogP contribution < -0.4 is 10.5 Å². The van der Waals surface area contributed by atoms with Gasteiger partial charge in [0.25, 0.3) is 5.91 Å². The summed E-state index contributed by atoms with van der Waals surface area (Å²) in [6.45, 7) is -2.57. The first-order valence-corrected chi connectivity index (χ1v) is 7.62. The molecule has 2 aromatic rings. The van der Waals surface area contributed by atoms with Crippen molar-refractivity contribution in [3.8, 4) is 5.75 Å². The molecule has 5 nitrogen and oxygen atoms in total. The highest BCUT2D eigenvalue weighted by molar-refractivity contribution is 5.94. The second-order valence-corrected chi connectivity index (χ2v) is 5.33. The number of benzene rings is 2. The van der Waals surface area contributed by atoms with Crippen LogP contribution in [-0.4, -0.2) is 29.9 Å². The molecule has 0 atom stereocenters. The van der Waals surface area contributed by atoms with Crippen LogP contribution in [0.1, 0.15) is 22.3 Å². The molecular formula is C18H18F2N2O3. The quantitative estimate of drug-likeness (QED) is 0.797. The van der Waals surface area contributed by atoms with E-state index in [-0.39, 0.29) is 30.8 Å². The van der Waals surface area contributed by atoms with Gasteiger partial charge in [-0.2, -0.15) is 8.78 Å². The Morgan fingerprint density at radius 2 is 1.80 bits per heavy atom. The number of hydrogen-bond acceptors (Lipinski definition) is 3. The third-order valence-electron chi connectivity index (χ3n) is 3.44. The Morgan fingerprint density at radius 3 is 2.44 bits per heavy atom. The minimum Gasteiger partial charge on any atom is -0.435 e. The number of nitrogens with two attached hydrogens (primary N) is 1. The van der Waals surface area contributed by atoms with Crippen LogP contribution in [0.5, 0.6) is 5.75 Å². The summed E-state index contributed by atoms with van der Waals surface area (Å²) >= 11 is 0. The smallest absolute Gasteiger partial charge is 0.387 e. The lowest BCUT2D eigenvalue weighted by Crippen LogP contribution is -2.33. The van der Waals surface area contributed by atoms with E-state index in [1.54, 1.807) is 0 Å². The zero-order chi connectivity index (χ0) is 18.2. The fourth-order valence-electron chi connectivity index (χ4n) is 2.29. The molecule has 2 amide bonds. The van der Waals surface area contributed by atoms with Gasteiger partial charge in [-0.05, 0) is 23.8 Å². The van der Waals surface area contributed by atoms with Crippen LogP contribution in [0, 0.1) is 0 Å². The summed E-state index contributed by atoms with van der Waals surface area (Å²) in [5.74, 6) is -1.03. The van der Waals surface area contributed by atoms with E-state index in [9.17, 15) is 18.4 Å². The molecule has 0 aliphatic carbocycles. The number of rotatable bonds is 8. The number of ether oxygens (including phenoxy) is 1. The molecule has 0 aliphatic heterocycles. The first-order chi connectivity index (χ1) is 12.0. The largest absolute Gasteiger partial charge is 0.435 e. The summed E-state index contributed by atoms with van der Waals surface area (Å²) in [4.78, 5) is 25.2. The predicted molar refractivity (Wildman–Crippen MR) is 88.1 cm³/mol. The average molecular weight is 348 g/mol. The summed E-state index contributed by atoms with van der Waals surface area (Å²) < 4.78 is 29.0. The van der Waals surface area contributed by atoms with Crippen LogP contribution >= 0.6 is 0 Å². The normalized spacial score (nSPS) is 10.5. The number of nitrogens with zero attached hydrogens (tertiary/aromatic N) is 1. The van der Waals surface area contributed by atoms with Gasteiger partial charge in [-0.25, -0.2) is 0 Å². The zero-order valence-corrected chi connectivity index (χ0v) is 13.4. The van der Waals surface area contributed by atoms with E-state index < -0.39 is 18.4 Å². The topological polar surface area (TPSA) is 72.6 Å². The molecular weight excluding hydrogens is 330 g/mol. The number of alkyl halides is 2. The maximum absolute atomic E-state index is 12.7. The Hall–Kier alpha value is -2.96. The molecule has 0 saturated carbocycles. The van der Waals surface area contributed by atoms with Crippen molar-refractivity contribution < 1.29 is 23.1 Å². The van der Waals surface area contributed by atoms with E-state index in [4.69, 9.17) is 5.73 Å². The molecule has 0 heterocycles. The van der Waals surface area contributed by atoms with Crippen LogP contribution in [0.15, 0.2) is 54.6 Å². The van der Waals surface area contributed by atoms with E-state index in [0.29, 0.717) is 0 Å². The second kappa shape index (κ2) is 8.77. The van der Waals surface area contributed by atoms with Gasteiger partial charge in [0.1, 0.15) is 5.75 Å². The molecule has 132 valence electrons. The molecule has 0 radical (unpaired) electrons. The van der Waals surface area contributed by atoms with Gasteiger partial charge in [-0.1, -0.05) is 36.4 Å². The molecule has 0 aromatic heterocycles. The molecule has 0 saturated heterocycles. The van der Waals surface area contributed by atoms with Gasteiger partial charge in [0.05, 0.1) is 0 Å². The van der Waals surface area contributed by atoms with Gasteiger partial charge < -0.3 is 15.4 Å². The van der Waals surface area contributed by atoms with Gasteiger partial charge in [0, 0.05) is 25.1 Å². The Balaban J connectivity index is 2.20. The third-order valence-corrected chi connectivity index (χ3v) is 3.44. The van der Waals surface area contributed by atoms with Crippen molar-refractivity contribution in [3.63, 3.8) is 0 Å². The molecule has 2 aromatic carbocycles. The number of halogens is 2. The first kappa shape index (κ1) is 18.4. The SMILES string of the molecule is NC(=O)CCN(Cc1ccccc1)C(=O)c1cccc(OC(F)F)c1. The van der Waals surface area contributed by atoms with Gasteiger partial charge in [0.2, 0.25) is 5.91 Å².